The van der Waals surface area contributed by atoms with E-state index in [1.165, 1.54) is 0 Å². The SMILES string of the molecule is CCCNC(=O)c1cccc(NC(=O)CCc2c(C)nc3cc(C)nn3c2C)c1. The number of aromatic nitrogens is 3. The maximum atomic E-state index is 12.5. The van der Waals surface area contributed by atoms with Crippen LogP contribution in [0.4, 0.5) is 5.69 Å². The molecule has 152 valence electrons. The first kappa shape index (κ1) is 20.5. The fourth-order valence-corrected chi connectivity index (χ4v) is 3.34. The Kier molecular flexibility index (Phi) is 6.26. The number of carbonyl (C=O) groups is 2. The van der Waals surface area contributed by atoms with Crippen LogP contribution >= 0.6 is 0 Å². The molecular weight excluding hydrogens is 366 g/mol. The molecular formula is C22H27N5O2. The second-order valence-corrected chi connectivity index (χ2v) is 7.20. The van der Waals surface area contributed by atoms with Crippen LogP contribution in [-0.4, -0.2) is 33.0 Å². The number of carbonyl (C=O) groups excluding carboxylic acids is 2. The lowest BCUT2D eigenvalue weighted by Crippen LogP contribution is -2.24. The largest absolute Gasteiger partial charge is 0.352 e. The molecule has 2 N–H and O–H groups in total. The van der Waals surface area contributed by atoms with Gasteiger partial charge in [0.15, 0.2) is 5.65 Å². The van der Waals surface area contributed by atoms with Gasteiger partial charge in [0, 0.05) is 41.7 Å². The third-order valence-corrected chi connectivity index (χ3v) is 4.83. The Morgan fingerprint density at radius 3 is 2.69 bits per heavy atom. The van der Waals surface area contributed by atoms with Crippen LogP contribution in [0.15, 0.2) is 30.3 Å². The van der Waals surface area contributed by atoms with Gasteiger partial charge in [-0.05, 0) is 57.4 Å². The van der Waals surface area contributed by atoms with Crippen LogP contribution in [0, 0.1) is 20.8 Å². The van der Waals surface area contributed by atoms with E-state index in [0.717, 1.165) is 34.7 Å². The average Bonchev–Trinajstić information content (AvgIpc) is 3.06. The summed E-state index contributed by atoms with van der Waals surface area (Å²) in [4.78, 5) is 29.2. The third kappa shape index (κ3) is 4.80. The van der Waals surface area contributed by atoms with E-state index in [2.05, 4.69) is 20.7 Å². The molecule has 2 aromatic heterocycles. The Balaban J connectivity index is 1.66. The quantitative estimate of drug-likeness (QED) is 0.644. The number of nitrogens with zero attached hydrogens (tertiary/aromatic N) is 3. The highest BCUT2D eigenvalue weighted by Crippen LogP contribution is 2.18. The van der Waals surface area contributed by atoms with Gasteiger partial charge in [-0.15, -0.1) is 0 Å². The van der Waals surface area contributed by atoms with Crippen molar-refractivity contribution in [2.75, 3.05) is 11.9 Å². The molecule has 2 heterocycles. The van der Waals surface area contributed by atoms with Gasteiger partial charge in [0.25, 0.3) is 5.91 Å². The zero-order valence-corrected chi connectivity index (χ0v) is 17.4. The van der Waals surface area contributed by atoms with Gasteiger partial charge in [0.05, 0.1) is 5.69 Å². The van der Waals surface area contributed by atoms with Gasteiger partial charge in [0.1, 0.15) is 0 Å². The number of fused-ring (bicyclic) bond motifs is 1. The van der Waals surface area contributed by atoms with Crippen molar-refractivity contribution < 1.29 is 9.59 Å². The van der Waals surface area contributed by atoms with E-state index in [0.29, 0.717) is 30.6 Å². The predicted octanol–water partition coefficient (Wildman–Crippen LogP) is 3.37. The highest BCUT2D eigenvalue weighted by Gasteiger charge is 2.13. The van der Waals surface area contributed by atoms with Crippen LogP contribution in [0.2, 0.25) is 0 Å². The maximum Gasteiger partial charge on any atom is 0.251 e. The van der Waals surface area contributed by atoms with Crippen molar-refractivity contribution in [2.45, 2.75) is 47.0 Å². The first-order chi connectivity index (χ1) is 13.9. The Morgan fingerprint density at radius 2 is 1.93 bits per heavy atom. The molecule has 1 aromatic carbocycles. The highest BCUT2D eigenvalue weighted by atomic mass is 16.2. The van der Waals surface area contributed by atoms with E-state index in [4.69, 9.17) is 0 Å². The topological polar surface area (TPSA) is 88.4 Å². The molecule has 0 aliphatic heterocycles. The number of amides is 2. The molecule has 0 spiro atoms. The Hall–Kier alpha value is -3.22. The summed E-state index contributed by atoms with van der Waals surface area (Å²) in [5.74, 6) is -0.241. The van der Waals surface area contributed by atoms with Gasteiger partial charge in [-0.1, -0.05) is 13.0 Å². The van der Waals surface area contributed by atoms with Gasteiger partial charge >= 0.3 is 0 Å². The van der Waals surface area contributed by atoms with E-state index in [-0.39, 0.29) is 11.8 Å². The normalized spacial score (nSPS) is 10.9. The summed E-state index contributed by atoms with van der Waals surface area (Å²) in [6, 6.07) is 8.92. The zero-order valence-electron chi connectivity index (χ0n) is 17.4. The molecule has 7 heteroatoms. The van der Waals surface area contributed by atoms with Crippen LogP contribution < -0.4 is 10.6 Å². The van der Waals surface area contributed by atoms with E-state index in [1.54, 1.807) is 24.3 Å². The second kappa shape index (κ2) is 8.86. The van der Waals surface area contributed by atoms with Crippen molar-refractivity contribution in [3.63, 3.8) is 0 Å². The van der Waals surface area contributed by atoms with Crippen LogP contribution in [0.5, 0.6) is 0 Å². The van der Waals surface area contributed by atoms with Crippen molar-refractivity contribution in [3.05, 3.63) is 58.5 Å². The van der Waals surface area contributed by atoms with Gasteiger partial charge in [-0.3, -0.25) is 9.59 Å². The Bertz CT molecular complexity index is 1050. The van der Waals surface area contributed by atoms with Gasteiger partial charge in [-0.25, -0.2) is 9.50 Å². The van der Waals surface area contributed by atoms with Crippen LogP contribution in [-0.2, 0) is 11.2 Å². The van der Waals surface area contributed by atoms with E-state index in [1.807, 2.05) is 38.3 Å². The fraction of sp³-hybridized carbons (Fsp3) is 0.364. The summed E-state index contributed by atoms with van der Waals surface area (Å²) in [5, 5.41) is 10.2. The summed E-state index contributed by atoms with van der Waals surface area (Å²) in [7, 11) is 0. The maximum absolute atomic E-state index is 12.5. The minimum absolute atomic E-state index is 0.105. The van der Waals surface area contributed by atoms with Crippen molar-refractivity contribution in [1.29, 1.82) is 0 Å². The fourth-order valence-electron chi connectivity index (χ4n) is 3.34. The van der Waals surface area contributed by atoms with E-state index < -0.39 is 0 Å². The second-order valence-electron chi connectivity index (χ2n) is 7.20. The Morgan fingerprint density at radius 1 is 1.14 bits per heavy atom. The molecule has 3 aromatic rings. The molecule has 29 heavy (non-hydrogen) atoms. The molecule has 0 aliphatic rings. The lowest BCUT2D eigenvalue weighted by molar-refractivity contribution is -0.116. The lowest BCUT2D eigenvalue weighted by atomic mass is 10.1. The summed E-state index contributed by atoms with van der Waals surface area (Å²) < 4.78 is 1.83. The molecule has 0 aliphatic carbocycles. The van der Waals surface area contributed by atoms with Crippen molar-refractivity contribution in [1.82, 2.24) is 19.9 Å². The molecule has 0 saturated heterocycles. The standard InChI is InChI=1S/C22H27N5O2/c1-5-11-23-22(29)17-7-6-8-18(13-17)25-21(28)10-9-19-15(3)24-20-12-14(2)26-27(20)16(19)4/h6-8,12-13H,5,9-11H2,1-4H3,(H,23,29)(H,25,28). The monoisotopic (exact) mass is 393 g/mol. The number of rotatable bonds is 7. The van der Waals surface area contributed by atoms with Gasteiger partial charge in [-0.2, -0.15) is 5.10 Å². The lowest BCUT2D eigenvalue weighted by Gasteiger charge is -2.11. The Labute approximate surface area is 170 Å². The van der Waals surface area contributed by atoms with Gasteiger partial charge < -0.3 is 10.6 Å². The van der Waals surface area contributed by atoms with Crippen molar-refractivity contribution >= 4 is 23.1 Å². The molecule has 7 nitrogen and oxygen atoms in total. The summed E-state index contributed by atoms with van der Waals surface area (Å²) in [5.41, 5.74) is 5.83. The first-order valence-corrected chi connectivity index (χ1v) is 9.89. The number of hydrogen-bond donors (Lipinski definition) is 2. The summed E-state index contributed by atoms with van der Waals surface area (Å²) >= 11 is 0. The first-order valence-electron chi connectivity index (χ1n) is 9.89. The zero-order chi connectivity index (χ0) is 21.0. The molecule has 3 rings (SSSR count). The molecule has 0 unspecified atom stereocenters. The van der Waals surface area contributed by atoms with Gasteiger partial charge in [0.2, 0.25) is 5.91 Å². The number of aryl methyl sites for hydroxylation is 3. The molecule has 0 fully saturated rings. The van der Waals surface area contributed by atoms with E-state index in [9.17, 15) is 9.59 Å². The highest BCUT2D eigenvalue weighted by molar-refractivity contribution is 5.97. The molecule has 2 amide bonds. The van der Waals surface area contributed by atoms with Crippen molar-refractivity contribution in [3.8, 4) is 0 Å². The molecule has 0 bridgehead atoms. The molecule has 0 atom stereocenters. The minimum atomic E-state index is -0.136. The smallest absolute Gasteiger partial charge is 0.251 e. The molecule has 0 saturated carbocycles. The van der Waals surface area contributed by atoms with Crippen LogP contribution in [0.25, 0.3) is 5.65 Å². The predicted molar refractivity (Wildman–Crippen MR) is 113 cm³/mol. The average molecular weight is 393 g/mol. The van der Waals surface area contributed by atoms with Crippen LogP contribution in [0.3, 0.4) is 0 Å². The van der Waals surface area contributed by atoms with Crippen molar-refractivity contribution in [2.24, 2.45) is 0 Å². The third-order valence-electron chi connectivity index (χ3n) is 4.83. The number of hydrogen-bond acceptors (Lipinski definition) is 4. The van der Waals surface area contributed by atoms with Crippen LogP contribution in [0.1, 0.15) is 52.8 Å². The number of nitrogens with one attached hydrogen (secondary N) is 2. The summed E-state index contributed by atoms with van der Waals surface area (Å²) in [6.07, 6.45) is 1.77. The van der Waals surface area contributed by atoms with E-state index >= 15 is 0 Å². The minimum Gasteiger partial charge on any atom is -0.352 e. The number of anilines is 1. The molecule has 0 radical (unpaired) electrons. The number of benzene rings is 1. The summed E-state index contributed by atoms with van der Waals surface area (Å²) in [6.45, 7) is 8.53.